The molecule has 1 aromatic rings. The SMILES string of the molecule is CSc1ccccc1C(=O)N1C[C@H]2CC[C@@H]1CN(CC(=O)N(C)C)C2. The molecule has 25 heavy (non-hydrogen) atoms. The van der Waals surface area contributed by atoms with Gasteiger partial charge in [0, 0.05) is 44.7 Å². The third-order valence-corrected chi connectivity index (χ3v) is 6.04. The Morgan fingerprint density at radius 2 is 1.92 bits per heavy atom. The lowest BCUT2D eigenvalue weighted by atomic mass is 9.94. The summed E-state index contributed by atoms with van der Waals surface area (Å²) in [5.74, 6) is 0.728. The summed E-state index contributed by atoms with van der Waals surface area (Å²) in [4.78, 5) is 32.2. The second-order valence-corrected chi connectivity index (χ2v) is 8.09. The van der Waals surface area contributed by atoms with Gasteiger partial charge in [0.1, 0.15) is 0 Å². The van der Waals surface area contributed by atoms with Crippen molar-refractivity contribution in [3.63, 3.8) is 0 Å². The van der Waals surface area contributed by atoms with E-state index >= 15 is 0 Å². The number of rotatable bonds is 4. The maximum atomic E-state index is 13.2. The van der Waals surface area contributed by atoms with E-state index < -0.39 is 0 Å². The number of piperidine rings is 1. The van der Waals surface area contributed by atoms with Crippen LogP contribution in [0.2, 0.25) is 0 Å². The number of hydrogen-bond donors (Lipinski definition) is 0. The lowest BCUT2D eigenvalue weighted by Gasteiger charge is -2.36. The predicted octanol–water partition coefficient (Wildman–Crippen LogP) is 2.03. The van der Waals surface area contributed by atoms with Crippen LogP contribution in [0, 0.1) is 5.92 Å². The summed E-state index contributed by atoms with van der Waals surface area (Å²) in [6.45, 7) is 2.95. The topological polar surface area (TPSA) is 43.9 Å². The van der Waals surface area contributed by atoms with Crippen LogP contribution in [-0.4, -0.2) is 79.1 Å². The first-order valence-electron chi connectivity index (χ1n) is 8.86. The van der Waals surface area contributed by atoms with Gasteiger partial charge in [0.05, 0.1) is 12.1 Å². The second-order valence-electron chi connectivity index (χ2n) is 7.24. The summed E-state index contributed by atoms with van der Waals surface area (Å²) in [5, 5.41) is 0. The van der Waals surface area contributed by atoms with Crippen LogP contribution in [-0.2, 0) is 4.79 Å². The predicted molar refractivity (Wildman–Crippen MR) is 101 cm³/mol. The molecule has 3 fully saturated rings. The molecular formula is C19H27N3O2S. The van der Waals surface area contributed by atoms with Gasteiger partial charge in [0.2, 0.25) is 5.91 Å². The quantitative estimate of drug-likeness (QED) is 0.770. The van der Waals surface area contributed by atoms with Gasteiger partial charge in [0.15, 0.2) is 0 Å². The van der Waals surface area contributed by atoms with Gasteiger partial charge in [-0.2, -0.15) is 0 Å². The number of carbonyl (C=O) groups is 2. The number of nitrogens with zero attached hydrogens (tertiary/aromatic N) is 3. The largest absolute Gasteiger partial charge is 0.348 e. The first-order chi connectivity index (χ1) is 12.0. The molecule has 3 aliphatic heterocycles. The van der Waals surface area contributed by atoms with Gasteiger partial charge < -0.3 is 9.80 Å². The van der Waals surface area contributed by atoms with Crippen LogP contribution < -0.4 is 0 Å². The molecule has 0 aliphatic carbocycles. The number of likely N-dealkylation sites (N-methyl/N-ethyl adjacent to an activating group) is 1. The van der Waals surface area contributed by atoms with Crippen LogP contribution in [0.25, 0.3) is 0 Å². The van der Waals surface area contributed by atoms with Crippen LogP contribution >= 0.6 is 11.8 Å². The van der Waals surface area contributed by atoms with Crippen LogP contribution in [0.4, 0.5) is 0 Å². The van der Waals surface area contributed by atoms with E-state index in [2.05, 4.69) is 9.80 Å². The smallest absolute Gasteiger partial charge is 0.255 e. The van der Waals surface area contributed by atoms with E-state index in [0.717, 1.165) is 42.9 Å². The van der Waals surface area contributed by atoms with Gasteiger partial charge in [-0.3, -0.25) is 14.5 Å². The number of carbonyl (C=O) groups excluding carboxylic acids is 2. The Balaban J connectivity index is 1.76. The highest BCUT2D eigenvalue weighted by Gasteiger charge is 2.38. The van der Waals surface area contributed by atoms with Gasteiger partial charge in [0.25, 0.3) is 5.91 Å². The van der Waals surface area contributed by atoms with Crippen molar-refractivity contribution < 1.29 is 9.59 Å². The number of amides is 2. The average molecular weight is 362 g/mol. The van der Waals surface area contributed by atoms with Crippen molar-refractivity contribution in [1.82, 2.24) is 14.7 Å². The Morgan fingerprint density at radius 3 is 2.64 bits per heavy atom. The van der Waals surface area contributed by atoms with Gasteiger partial charge in [-0.1, -0.05) is 12.1 Å². The van der Waals surface area contributed by atoms with Crippen molar-refractivity contribution in [2.75, 3.05) is 46.5 Å². The maximum Gasteiger partial charge on any atom is 0.255 e. The minimum Gasteiger partial charge on any atom is -0.348 e. The Kier molecular flexibility index (Phi) is 5.69. The molecule has 0 aromatic heterocycles. The van der Waals surface area contributed by atoms with Gasteiger partial charge in [-0.25, -0.2) is 0 Å². The van der Waals surface area contributed by atoms with Gasteiger partial charge in [-0.15, -0.1) is 11.8 Å². The molecule has 4 rings (SSSR count). The highest BCUT2D eigenvalue weighted by molar-refractivity contribution is 7.98. The maximum absolute atomic E-state index is 13.2. The molecule has 0 radical (unpaired) electrons. The summed E-state index contributed by atoms with van der Waals surface area (Å²) in [7, 11) is 3.59. The summed E-state index contributed by atoms with van der Waals surface area (Å²) in [6, 6.07) is 8.06. The molecule has 1 aromatic carbocycles. The van der Waals surface area contributed by atoms with E-state index in [1.54, 1.807) is 30.8 Å². The van der Waals surface area contributed by atoms with Crippen molar-refractivity contribution in [2.45, 2.75) is 23.8 Å². The Morgan fingerprint density at radius 1 is 1.16 bits per heavy atom. The third kappa shape index (κ3) is 4.01. The fourth-order valence-corrected chi connectivity index (χ4v) is 4.46. The number of benzene rings is 1. The Hall–Kier alpha value is -1.53. The van der Waals surface area contributed by atoms with E-state index in [9.17, 15) is 9.59 Å². The van der Waals surface area contributed by atoms with E-state index in [4.69, 9.17) is 0 Å². The van der Waals surface area contributed by atoms with Crippen LogP contribution in [0.1, 0.15) is 23.2 Å². The molecule has 2 bridgehead atoms. The molecular weight excluding hydrogens is 334 g/mol. The molecule has 0 saturated carbocycles. The Bertz CT molecular complexity index is 649. The standard InChI is InChI=1S/C19H27N3O2S/c1-20(2)18(23)13-21-10-14-8-9-15(12-21)22(11-14)19(24)16-6-4-5-7-17(16)25-3/h4-7,14-15H,8-13H2,1-3H3/t14-,15+/m0/s1. The first kappa shape index (κ1) is 18.3. The fourth-order valence-electron chi connectivity index (χ4n) is 3.87. The van der Waals surface area contributed by atoms with Crippen molar-refractivity contribution in [1.29, 1.82) is 0 Å². The molecule has 3 aliphatic rings. The molecule has 6 heteroatoms. The van der Waals surface area contributed by atoms with E-state index in [-0.39, 0.29) is 17.9 Å². The van der Waals surface area contributed by atoms with Gasteiger partial charge in [-0.05, 0) is 37.1 Å². The molecule has 0 N–H and O–H groups in total. The van der Waals surface area contributed by atoms with Crippen molar-refractivity contribution in [3.8, 4) is 0 Å². The number of thioether (sulfide) groups is 1. The third-order valence-electron chi connectivity index (χ3n) is 5.25. The minimum absolute atomic E-state index is 0.131. The molecule has 5 nitrogen and oxygen atoms in total. The fraction of sp³-hybridized carbons (Fsp3) is 0.579. The minimum atomic E-state index is 0.131. The molecule has 0 spiro atoms. The number of hydrogen-bond acceptors (Lipinski definition) is 4. The zero-order valence-corrected chi connectivity index (χ0v) is 16.1. The zero-order valence-electron chi connectivity index (χ0n) is 15.3. The molecule has 2 atom stereocenters. The lowest BCUT2D eigenvalue weighted by Crippen LogP contribution is -2.48. The monoisotopic (exact) mass is 361 g/mol. The Labute approximate surface area is 154 Å². The summed E-state index contributed by atoms with van der Waals surface area (Å²) >= 11 is 1.62. The van der Waals surface area contributed by atoms with Crippen molar-refractivity contribution in [2.24, 2.45) is 5.92 Å². The highest BCUT2D eigenvalue weighted by Crippen LogP contribution is 2.31. The molecule has 2 amide bonds. The normalized spacial score (nSPS) is 23.4. The molecule has 3 saturated heterocycles. The van der Waals surface area contributed by atoms with Gasteiger partial charge >= 0.3 is 0 Å². The summed E-state index contributed by atoms with van der Waals surface area (Å²) in [6.07, 6.45) is 4.19. The van der Waals surface area contributed by atoms with Crippen molar-refractivity contribution in [3.05, 3.63) is 29.8 Å². The molecule has 136 valence electrons. The average Bonchev–Trinajstić information content (AvgIpc) is 2.91. The van der Waals surface area contributed by atoms with E-state index in [1.807, 2.05) is 30.5 Å². The van der Waals surface area contributed by atoms with Crippen LogP contribution in [0.3, 0.4) is 0 Å². The van der Waals surface area contributed by atoms with Crippen LogP contribution in [0.15, 0.2) is 29.2 Å². The lowest BCUT2D eigenvalue weighted by molar-refractivity contribution is -0.129. The first-order valence-corrected chi connectivity index (χ1v) is 10.1. The molecule has 3 heterocycles. The second kappa shape index (κ2) is 7.79. The summed E-state index contributed by atoms with van der Waals surface area (Å²) in [5.41, 5.74) is 0.804. The van der Waals surface area contributed by atoms with Crippen molar-refractivity contribution >= 4 is 23.6 Å². The highest BCUT2D eigenvalue weighted by atomic mass is 32.2. The van der Waals surface area contributed by atoms with E-state index in [1.165, 1.54) is 0 Å². The number of fused-ring (bicyclic) bond motifs is 4. The molecule has 0 unspecified atom stereocenters. The van der Waals surface area contributed by atoms with E-state index in [0.29, 0.717) is 12.5 Å². The van der Waals surface area contributed by atoms with Crippen LogP contribution in [0.5, 0.6) is 0 Å². The summed E-state index contributed by atoms with van der Waals surface area (Å²) < 4.78 is 0. The zero-order chi connectivity index (χ0) is 18.0.